The number of hydrogen-bond donors (Lipinski definition) is 0. The van der Waals surface area contributed by atoms with Crippen molar-refractivity contribution in [3.8, 4) is 21.8 Å². The Morgan fingerprint density at radius 3 is 2.55 bits per heavy atom. The van der Waals surface area contributed by atoms with Gasteiger partial charge in [0, 0.05) is 16.5 Å². The zero-order valence-electron chi connectivity index (χ0n) is 10.1. The van der Waals surface area contributed by atoms with Crippen LogP contribution in [0.3, 0.4) is 0 Å². The van der Waals surface area contributed by atoms with E-state index < -0.39 is 11.6 Å². The molecule has 1 aromatic heterocycles. The highest BCUT2D eigenvalue weighted by atomic mass is 35.5. The van der Waals surface area contributed by atoms with Crippen LogP contribution in [0.1, 0.15) is 0 Å². The molecule has 0 radical (unpaired) electrons. The third-order valence-electron chi connectivity index (χ3n) is 2.82. The average molecular weight is 308 g/mol. The normalized spacial score (nSPS) is 10.8. The van der Waals surface area contributed by atoms with Crippen LogP contribution in [0.5, 0.6) is 0 Å². The van der Waals surface area contributed by atoms with E-state index in [0.717, 1.165) is 22.7 Å². The van der Waals surface area contributed by atoms with Crippen molar-refractivity contribution in [2.75, 3.05) is 0 Å². The highest BCUT2D eigenvalue weighted by Gasteiger charge is 2.11. The van der Waals surface area contributed by atoms with Gasteiger partial charge < -0.3 is 0 Å². The predicted molar refractivity (Wildman–Crippen MR) is 77.9 cm³/mol. The number of benzene rings is 2. The molecule has 0 saturated heterocycles. The largest absolute Gasteiger partial charge is 0.236 e. The maximum absolute atomic E-state index is 13.2. The molecule has 5 heteroatoms. The second kappa shape index (κ2) is 5.31. The lowest BCUT2D eigenvalue weighted by atomic mass is 10.1. The Bertz CT molecular complexity index is 770. The molecule has 2 aromatic carbocycles. The molecular weight excluding hydrogens is 300 g/mol. The number of rotatable bonds is 2. The summed E-state index contributed by atoms with van der Waals surface area (Å²) in [5.41, 5.74) is 1.97. The van der Waals surface area contributed by atoms with Gasteiger partial charge in [0.05, 0.1) is 10.7 Å². The Hall–Kier alpha value is -1.78. The Balaban J connectivity index is 2.02. The van der Waals surface area contributed by atoms with Crippen LogP contribution >= 0.6 is 22.9 Å². The van der Waals surface area contributed by atoms with Crippen LogP contribution in [-0.2, 0) is 0 Å². The third-order valence-corrected chi connectivity index (χ3v) is 4.03. The van der Waals surface area contributed by atoms with E-state index in [0.29, 0.717) is 16.3 Å². The van der Waals surface area contributed by atoms with Gasteiger partial charge in [0.15, 0.2) is 11.6 Å². The molecule has 0 aliphatic heterocycles. The summed E-state index contributed by atoms with van der Waals surface area (Å²) in [6.45, 7) is 0. The van der Waals surface area contributed by atoms with E-state index in [-0.39, 0.29) is 0 Å². The van der Waals surface area contributed by atoms with Crippen molar-refractivity contribution in [2.24, 2.45) is 0 Å². The molecule has 1 heterocycles. The van der Waals surface area contributed by atoms with Crippen LogP contribution in [0.15, 0.2) is 47.8 Å². The smallest absolute Gasteiger partial charge is 0.159 e. The first kappa shape index (κ1) is 13.2. The van der Waals surface area contributed by atoms with Gasteiger partial charge in [0.25, 0.3) is 0 Å². The summed E-state index contributed by atoms with van der Waals surface area (Å²) in [5, 5.41) is 3.15. The average Bonchev–Trinajstić information content (AvgIpc) is 2.92. The van der Waals surface area contributed by atoms with Crippen molar-refractivity contribution < 1.29 is 8.78 Å². The maximum atomic E-state index is 13.2. The standard InChI is InChI=1S/C15H8ClF2NS/c16-11-4-2-1-3-10(11)15-19-14(8-20-15)9-5-6-12(17)13(18)7-9/h1-8H. The lowest BCUT2D eigenvalue weighted by Gasteiger charge is -2.00. The minimum absolute atomic E-state index is 0.540. The molecule has 0 bridgehead atoms. The van der Waals surface area contributed by atoms with Gasteiger partial charge in [-0.3, -0.25) is 0 Å². The minimum Gasteiger partial charge on any atom is -0.236 e. The molecule has 1 nitrogen and oxygen atoms in total. The molecule has 0 spiro atoms. The number of halogens is 3. The van der Waals surface area contributed by atoms with E-state index in [9.17, 15) is 8.78 Å². The van der Waals surface area contributed by atoms with Crippen molar-refractivity contribution in [2.45, 2.75) is 0 Å². The highest BCUT2D eigenvalue weighted by Crippen LogP contribution is 2.33. The van der Waals surface area contributed by atoms with Gasteiger partial charge >= 0.3 is 0 Å². The zero-order valence-corrected chi connectivity index (χ0v) is 11.7. The Morgan fingerprint density at radius 2 is 1.80 bits per heavy atom. The first-order valence-corrected chi connectivity index (χ1v) is 7.07. The number of hydrogen-bond acceptors (Lipinski definition) is 2. The van der Waals surface area contributed by atoms with Gasteiger partial charge in [0.2, 0.25) is 0 Å². The summed E-state index contributed by atoms with van der Waals surface area (Å²) < 4.78 is 26.2. The van der Waals surface area contributed by atoms with Gasteiger partial charge in [-0.15, -0.1) is 11.3 Å². The van der Waals surface area contributed by atoms with E-state index in [4.69, 9.17) is 11.6 Å². The molecule has 0 amide bonds. The summed E-state index contributed by atoms with van der Waals surface area (Å²) in [5.74, 6) is -1.75. The quantitative estimate of drug-likeness (QED) is 0.617. The van der Waals surface area contributed by atoms with Gasteiger partial charge in [-0.05, 0) is 24.3 Å². The zero-order chi connectivity index (χ0) is 14.1. The first-order valence-electron chi connectivity index (χ1n) is 5.81. The van der Waals surface area contributed by atoms with Gasteiger partial charge in [-0.2, -0.15) is 0 Å². The van der Waals surface area contributed by atoms with Crippen molar-refractivity contribution in [3.63, 3.8) is 0 Å². The Labute approximate surface area is 123 Å². The van der Waals surface area contributed by atoms with Crippen LogP contribution in [0.4, 0.5) is 8.78 Å². The van der Waals surface area contributed by atoms with Gasteiger partial charge in [0.1, 0.15) is 5.01 Å². The fourth-order valence-electron chi connectivity index (χ4n) is 1.82. The highest BCUT2D eigenvalue weighted by molar-refractivity contribution is 7.13. The summed E-state index contributed by atoms with van der Waals surface area (Å²) >= 11 is 7.53. The summed E-state index contributed by atoms with van der Waals surface area (Å²) in [6.07, 6.45) is 0. The molecule has 0 aliphatic carbocycles. The molecular formula is C15H8ClF2NS. The van der Waals surface area contributed by atoms with Crippen molar-refractivity contribution in [1.29, 1.82) is 0 Å². The summed E-state index contributed by atoms with van der Waals surface area (Å²) in [6, 6.07) is 11.1. The van der Waals surface area contributed by atoms with E-state index in [2.05, 4.69) is 4.98 Å². The maximum Gasteiger partial charge on any atom is 0.159 e. The monoisotopic (exact) mass is 307 g/mol. The lowest BCUT2D eigenvalue weighted by molar-refractivity contribution is 0.509. The van der Waals surface area contributed by atoms with Gasteiger partial charge in [-0.1, -0.05) is 29.8 Å². The van der Waals surface area contributed by atoms with Crippen molar-refractivity contribution in [3.05, 3.63) is 64.5 Å². The van der Waals surface area contributed by atoms with E-state index in [1.165, 1.54) is 17.4 Å². The Kier molecular flexibility index (Phi) is 3.51. The molecule has 0 saturated carbocycles. The molecule has 20 heavy (non-hydrogen) atoms. The first-order chi connectivity index (χ1) is 9.65. The third kappa shape index (κ3) is 2.44. The molecule has 0 unspecified atom stereocenters. The van der Waals surface area contributed by atoms with Crippen LogP contribution in [0.25, 0.3) is 21.8 Å². The lowest BCUT2D eigenvalue weighted by Crippen LogP contribution is -1.86. The second-order valence-corrected chi connectivity index (χ2v) is 5.41. The predicted octanol–water partition coefficient (Wildman–Crippen LogP) is 5.41. The molecule has 3 aromatic rings. The molecule has 0 N–H and O–H groups in total. The van der Waals surface area contributed by atoms with E-state index in [1.807, 2.05) is 18.2 Å². The minimum atomic E-state index is -0.880. The second-order valence-electron chi connectivity index (χ2n) is 4.15. The van der Waals surface area contributed by atoms with Crippen LogP contribution in [0, 0.1) is 11.6 Å². The molecule has 0 atom stereocenters. The van der Waals surface area contributed by atoms with Gasteiger partial charge in [-0.25, -0.2) is 13.8 Å². The van der Waals surface area contributed by atoms with Crippen molar-refractivity contribution >= 4 is 22.9 Å². The van der Waals surface area contributed by atoms with E-state index >= 15 is 0 Å². The summed E-state index contributed by atoms with van der Waals surface area (Å²) in [7, 11) is 0. The van der Waals surface area contributed by atoms with Crippen LogP contribution < -0.4 is 0 Å². The van der Waals surface area contributed by atoms with Crippen molar-refractivity contribution in [1.82, 2.24) is 4.98 Å². The van der Waals surface area contributed by atoms with E-state index in [1.54, 1.807) is 11.4 Å². The molecule has 0 fully saturated rings. The van der Waals surface area contributed by atoms with Crippen LogP contribution in [-0.4, -0.2) is 4.98 Å². The molecule has 100 valence electrons. The molecule has 0 aliphatic rings. The number of nitrogens with zero attached hydrogens (tertiary/aromatic N) is 1. The van der Waals surface area contributed by atoms with Crippen LogP contribution in [0.2, 0.25) is 5.02 Å². The number of aromatic nitrogens is 1. The SMILES string of the molecule is Fc1ccc(-c2csc(-c3ccccc3Cl)n2)cc1F. The number of thiazole rings is 1. The summed E-state index contributed by atoms with van der Waals surface area (Å²) in [4.78, 5) is 4.43. The molecule has 3 rings (SSSR count). The fraction of sp³-hybridized carbons (Fsp3) is 0. The fourth-order valence-corrected chi connectivity index (χ4v) is 2.97. The Morgan fingerprint density at radius 1 is 1.00 bits per heavy atom. The topological polar surface area (TPSA) is 12.9 Å².